The highest BCUT2D eigenvalue weighted by molar-refractivity contribution is 5.95. The van der Waals surface area contributed by atoms with Crippen molar-refractivity contribution in [3.63, 3.8) is 0 Å². The number of aryl methyl sites for hydroxylation is 1. The Labute approximate surface area is 210 Å². The Balaban J connectivity index is 1.60. The number of carbonyl (C=O) groups is 2. The number of ether oxygens (including phenoxy) is 1. The lowest BCUT2D eigenvalue weighted by atomic mass is 9.85. The molecule has 5 rings (SSSR count). The van der Waals surface area contributed by atoms with Crippen molar-refractivity contribution >= 4 is 28.8 Å². The average Bonchev–Trinajstić information content (AvgIpc) is 3.29. The fraction of sp³-hybridized carbons (Fsp3) is 0.464. The van der Waals surface area contributed by atoms with Gasteiger partial charge in [0.1, 0.15) is 11.9 Å². The second-order valence-electron chi connectivity index (χ2n) is 10.0. The number of aromatic nitrogens is 2. The molecule has 2 heterocycles. The summed E-state index contributed by atoms with van der Waals surface area (Å²) >= 11 is 0. The molecule has 190 valence electrons. The van der Waals surface area contributed by atoms with Crippen LogP contribution in [0.5, 0.6) is 0 Å². The normalized spacial score (nSPS) is 22.8. The Kier molecular flexibility index (Phi) is 6.71. The largest absolute Gasteiger partial charge is 0.481 e. The summed E-state index contributed by atoms with van der Waals surface area (Å²) < 4.78 is 7.20. The summed E-state index contributed by atoms with van der Waals surface area (Å²) in [6.07, 6.45) is 3.44. The number of carboxylic acids is 1. The molecule has 2 aromatic carbocycles. The number of benzene rings is 2. The van der Waals surface area contributed by atoms with Crippen molar-refractivity contribution in [2.24, 2.45) is 5.92 Å². The number of carboxylic acid groups (broad SMARTS) is 1. The van der Waals surface area contributed by atoms with Crippen LogP contribution >= 0.6 is 0 Å². The third kappa shape index (κ3) is 4.34. The van der Waals surface area contributed by atoms with Crippen LogP contribution in [0.25, 0.3) is 11.0 Å². The Morgan fingerprint density at radius 1 is 1.08 bits per heavy atom. The van der Waals surface area contributed by atoms with E-state index < -0.39 is 18.2 Å². The van der Waals surface area contributed by atoms with Gasteiger partial charge in [-0.05, 0) is 63.1 Å². The van der Waals surface area contributed by atoms with Gasteiger partial charge in [-0.25, -0.2) is 9.78 Å². The van der Waals surface area contributed by atoms with E-state index in [2.05, 4.69) is 4.57 Å². The molecule has 3 aromatic rings. The maximum atomic E-state index is 12.6. The number of fused-ring (bicyclic) bond motifs is 3. The number of aliphatic hydroxyl groups excluding tert-OH is 1. The van der Waals surface area contributed by atoms with Crippen LogP contribution in [-0.4, -0.2) is 45.0 Å². The molecule has 1 aromatic heterocycles. The molecular formula is C28H33N3O5. The number of carbonyl (C=O) groups excluding carboxylic acids is 1. The van der Waals surface area contributed by atoms with E-state index in [0.29, 0.717) is 25.1 Å². The van der Waals surface area contributed by atoms with E-state index in [4.69, 9.17) is 9.72 Å². The first-order valence-electron chi connectivity index (χ1n) is 12.7. The van der Waals surface area contributed by atoms with Crippen LogP contribution < -0.4 is 4.90 Å². The van der Waals surface area contributed by atoms with Crippen molar-refractivity contribution in [3.8, 4) is 0 Å². The number of rotatable bonds is 5. The number of anilines is 1. The Morgan fingerprint density at radius 2 is 1.81 bits per heavy atom. The van der Waals surface area contributed by atoms with Crippen molar-refractivity contribution in [1.82, 2.24) is 9.55 Å². The van der Waals surface area contributed by atoms with Crippen molar-refractivity contribution in [3.05, 3.63) is 59.4 Å². The molecule has 1 aliphatic heterocycles. The molecule has 2 aliphatic rings. The van der Waals surface area contributed by atoms with Crippen molar-refractivity contribution in [2.45, 2.75) is 70.1 Å². The fourth-order valence-corrected chi connectivity index (χ4v) is 5.92. The lowest BCUT2D eigenvalue weighted by molar-refractivity contribution is -0.143. The molecular weight excluding hydrogens is 458 g/mol. The Hall–Kier alpha value is -3.39. The van der Waals surface area contributed by atoms with Gasteiger partial charge in [0.2, 0.25) is 0 Å². The van der Waals surface area contributed by atoms with E-state index in [1.807, 2.05) is 49.4 Å². The van der Waals surface area contributed by atoms with Crippen LogP contribution in [0.4, 0.5) is 10.5 Å². The lowest BCUT2D eigenvalue weighted by Gasteiger charge is -2.34. The van der Waals surface area contributed by atoms with Gasteiger partial charge >= 0.3 is 12.1 Å². The molecule has 1 amide bonds. The molecule has 0 spiro atoms. The second kappa shape index (κ2) is 9.93. The van der Waals surface area contributed by atoms with E-state index in [0.717, 1.165) is 53.5 Å². The van der Waals surface area contributed by atoms with Crippen LogP contribution in [-0.2, 0) is 22.4 Å². The molecule has 8 nitrogen and oxygen atoms in total. The van der Waals surface area contributed by atoms with Gasteiger partial charge in [-0.1, -0.05) is 30.3 Å². The van der Waals surface area contributed by atoms with Gasteiger partial charge in [-0.2, -0.15) is 0 Å². The minimum atomic E-state index is -0.813. The number of hydrogen-bond donors (Lipinski definition) is 2. The molecule has 0 unspecified atom stereocenters. The van der Waals surface area contributed by atoms with E-state index >= 15 is 0 Å². The summed E-state index contributed by atoms with van der Waals surface area (Å²) in [6, 6.07) is 13.9. The van der Waals surface area contributed by atoms with Gasteiger partial charge in [-0.3, -0.25) is 9.69 Å². The molecule has 36 heavy (non-hydrogen) atoms. The van der Waals surface area contributed by atoms with Gasteiger partial charge in [0.25, 0.3) is 0 Å². The molecule has 1 aliphatic carbocycles. The second-order valence-corrected chi connectivity index (χ2v) is 10.0. The first-order valence-corrected chi connectivity index (χ1v) is 12.7. The van der Waals surface area contributed by atoms with Gasteiger partial charge in [0.15, 0.2) is 0 Å². The Morgan fingerprint density at radius 3 is 2.47 bits per heavy atom. The van der Waals surface area contributed by atoms with Crippen LogP contribution in [0.1, 0.15) is 68.1 Å². The number of methoxy groups -OCH3 is 1. The van der Waals surface area contributed by atoms with E-state index in [9.17, 15) is 19.8 Å². The predicted molar refractivity (Wildman–Crippen MR) is 136 cm³/mol. The summed E-state index contributed by atoms with van der Waals surface area (Å²) in [5.74, 6) is -0.458. The lowest BCUT2D eigenvalue weighted by Crippen LogP contribution is -2.42. The number of nitrogens with zero attached hydrogens (tertiary/aromatic N) is 3. The van der Waals surface area contributed by atoms with E-state index in [1.54, 1.807) is 4.90 Å². The number of hydrogen-bond acceptors (Lipinski definition) is 5. The molecule has 2 N–H and O–H groups in total. The van der Waals surface area contributed by atoms with Crippen LogP contribution in [0.15, 0.2) is 42.5 Å². The summed E-state index contributed by atoms with van der Waals surface area (Å²) in [5, 5.41) is 20.9. The maximum absolute atomic E-state index is 12.6. The molecule has 1 saturated carbocycles. The zero-order valence-electron chi connectivity index (χ0n) is 20.8. The fourth-order valence-electron chi connectivity index (χ4n) is 5.92. The third-order valence-corrected chi connectivity index (χ3v) is 7.83. The van der Waals surface area contributed by atoms with Gasteiger partial charge in [0, 0.05) is 24.1 Å². The molecule has 0 radical (unpaired) electrons. The molecule has 8 heteroatoms. The minimum Gasteiger partial charge on any atom is -0.481 e. The SMILES string of the molecule is COC(=O)N1c2ccc3c(nc([C@@H](O)Cc4ccccc4)n3C3CCC(C(=O)O)CC3)c2CC[C@@H]1C. The smallest absolute Gasteiger partial charge is 0.414 e. The van der Waals surface area contributed by atoms with E-state index in [-0.39, 0.29) is 18.0 Å². The highest BCUT2D eigenvalue weighted by Crippen LogP contribution is 2.41. The quantitative estimate of drug-likeness (QED) is 0.518. The zero-order chi connectivity index (χ0) is 25.4. The summed E-state index contributed by atoms with van der Waals surface area (Å²) in [7, 11) is 1.39. The maximum Gasteiger partial charge on any atom is 0.414 e. The standard InChI is InChI=1S/C28H33N3O5/c1-17-8-13-21-22(30(17)28(35)36-2)14-15-23-25(21)29-26(24(32)16-18-6-4-3-5-7-18)31(23)20-11-9-19(10-12-20)27(33)34/h3-7,14-15,17,19-20,24,32H,8-13,16H2,1-2H3,(H,33,34)/t17-,19?,20?,24-/m0/s1. The number of aliphatic carboxylic acids is 1. The van der Waals surface area contributed by atoms with Gasteiger partial charge in [-0.15, -0.1) is 0 Å². The first kappa shape index (κ1) is 24.3. The van der Waals surface area contributed by atoms with Crippen LogP contribution in [0, 0.1) is 5.92 Å². The average molecular weight is 492 g/mol. The Bertz CT molecular complexity index is 1260. The monoisotopic (exact) mass is 491 g/mol. The van der Waals surface area contributed by atoms with Gasteiger partial charge < -0.3 is 19.5 Å². The predicted octanol–water partition coefficient (Wildman–Crippen LogP) is 5.04. The number of imidazole rings is 1. The molecule has 0 saturated heterocycles. The minimum absolute atomic E-state index is 0.0129. The van der Waals surface area contributed by atoms with Crippen molar-refractivity contribution < 1.29 is 24.5 Å². The summed E-state index contributed by atoms with van der Waals surface area (Å²) in [6.45, 7) is 2.01. The highest BCUT2D eigenvalue weighted by atomic mass is 16.5. The molecule has 1 fully saturated rings. The molecule has 0 bridgehead atoms. The van der Waals surface area contributed by atoms with Crippen molar-refractivity contribution in [2.75, 3.05) is 12.0 Å². The first-order chi connectivity index (χ1) is 17.4. The number of aliphatic hydroxyl groups is 1. The van der Waals surface area contributed by atoms with E-state index in [1.165, 1.54) is 7.11 Å². The zero-order valence-corrected chi connectivity index (χ0v) is 20.8. The summed E-state index contributed by atoms with van der Waals surface area (Å²) in [5.41, 5.74) is 4.54. The number of amides is 1. The van der Waals surface area contributed by atoms with Crippen LogP contribution in [0.2, 0.25) is 0 Å². The van der Waals surface area contributed by atoms with Crippen LogP contribution in [0.3, 0.4) is 0 Å². The summed E-state index contributed by atoms with van der Waals surface area (Å²) in [4.78, 5) is 30.8. The van der Waals surface area contributed by atoms with Crippen molar-refractivity contribution in [1.29, 1.82) is 0 Å². The highest BCUT2D eigenvalue weighted by Gasteiger charge is 2.34. The molecule has 2 atom stereocenters. The third-order valence-electron chi connectivity index (χ3n) is 7.83. The van der Waals surface area contributed by atoms with Gasteiger partial charge in [0.05, 0.1) is 29.7 Å². The topological polar surface area (TPSA) is 105 Å².